The minimum atomic E-state index is -0.509. The van der Waals surface area contributed by atoms with Crippen LogP contribution in [0.25, 0.3) is 0 Å². The summed E-state index contributed by atoms with van der Waals surface area (Å²) >= 11 is 0. The predicted molar refractivity (Wildman–Crippen MR) is 122 cm³/mol. The zero-order valence-electron chi connectivity index (χ0n) is 19.6. The van der Waals surface area contributed by atoms with Crippen LogP contribution in [-0.2, 0) is 9.47 Å². The Bertz CT molecular complexity index is 769. The number of benzene rings is 1. The van der Waals surface area contributed by atoms with Gasteiger partial charge in [-0.15, -0.1) is 0 Å². The van der Waals surface area contributed by atoms with Crippen LogP contribution in [0, 0.1) is 5.41 Å². The van der Waals surface area contributed by atoms with E-state index in [1.165, 1.54) is 0 Å². The monoisotopic (exact) mass is 447 g/mol. The number of hydrogen-bond acceptors (Lipinski definition) is 6. The molecule has 8 nitrogen and oxygen atoms in total. The van der Waals surface area contributed by atoms with Crippen LogP contribution in [0.5, 0.6) is 5.75 Å². The number of fused-ring (bicyclic) bond motifs is 1. The minimum Gasteiger partial charge on any atom is -0.490 e. The normalized spacial score (nSPS) is 20.8. The summed E-state index contributed by atoms with van der Waals surface area (Å²) in [6.45, 7) is 10.5. The van der Waals surface area contributed by atoms with Gasteiger partial charge in [0.15, 0.2) is 0 Å². The van der Waals surface area contributed by atoms with Crippen LogP contribution in [-0.4, -0.2) is 75.0 Å². The van der Waals surface area contributed by atoms with Gasteiger partial charge in [-0.25, -0.2) is 4.79 Å². The molecule has 0 bridgehead atoms. The van der Waals surface area contributed by atoms with Gasteiger partial charge in [0.05, 0.1) is 18.8 Å². The molecular weight excluding hydrogens is 410 g/mol. The number of hydrogen-bond donors (Lipinski definition) is 2. The van der Waals surface area contributed by atoms with Crippen molar-refractivity contribution in [3.63, 3.8) is 0 Å². The number of carbonyl (C=O) groups excluding carboxylic acids is 2. The van der Waals surface area contributed by atoms with E-state index < -0.39 is 5.60 Å². The van der Waals surface area contributed by atoms with Gasteiger partial charge < -0.3 is 29.7 Å². The zero-order valence-corrected chi connectivity index (χ0v) is 19.6. The topological polar surface area (TPSA) is 89.1 Å². The van der Waals surface area contributed by atoms with Gasteiger partial charge in [-0.05, 0) is 64.1 Å². The first-order valence-electron chi connectivity index (χ1n) is 11.5. The summed E-state index contributed by atoms with van der Waals surface area (Å²) in [5.74, 6) is 0.425. The highest BCUT2D eigenvalue weighted by atomic mass is 16.6. The Kier molecular flexibility index (Phi) is 8.37. The number of likely N-dealkylation sites (tertiary alicyclic amines) is 1. The molecule has 2 amide bonds. The molecule has 1 fully saturated rings. The molecule has 1 aromatic carbocycles. The number of piperidine rings is 1. The van der Waals surface area contributed by atoms with Crippen molar-refractivity contribution in [3.8, 4) is 5.75 Å². The van der Waals surface area contributed by atoms with Crippen molar-refractivity contribution in [1.29, 1.82) is 0 Å². The van der Waals surface area contributed by atoms with Crippen LogP contribution in [0.4, 0.5) is 4.79 Å². The largest absolute Gasteiger partial charge is 0.490 e. The average Bonchev–Trinajstić information content (AvgIpc) is 2.76. The van der Waals surface area contributed by atoms with Gasteiger partial charge in [-0.3, -0.25) is 4.79 Å². The highest BCUT2D eigenvalue weighted by Crippen LogP contribution is 2.35. The summed E-state index contributed by atoms with van der Waals surface area (Å²) in [5.41, 5.74) is -0.0650. The summed E-state index contributed by atoms with van der Waals surface area (Å²) < 4.78 is 16.9. The fourth-order valence-corrected chi connectivity index (χ4v) is 4.08. The first-order chi connectivity index (χ1) is 15.3. The van der Waals surface area contributed by atoms with Gasteiger partial charge in [-0.2, -0.15) is 0 Å². The number of nitrogens with one attached hydrogen (secondary N) is 2. The molecule has 2 N–H and O–H groups in total. The maximum atomic E-state index is 13.0. The minimum absolute atomic E-state index is 0.0853. The number of ether oxygens (including phenoxy) is 3. The van der Waals surface area contributed by atoms with Crippen LogP contribution in [0.1, 0.15) is 50.4 Å². The molecule has 0 aliphatic carbocycles. The molecule has 2 heterocycles. The number of para-hydroxylation sites is 1. The van der Waals surface area contributed by atoms with Crippen LogP contribution >= 0.6 is 0 Å². The van der Waals surface area contributed by atoms with Crippen molar-refractivity contribution < 1.29 is 23.8 Å². The second-order valence-corrected chi connectivity index (χ2v) is 9.61. The predicted octanol–water partition coefficient (Wildman–Crippen LogP) is 2.82. The van der Waals surface area contributed by atoms with Crippen LogP contribution in [0.2, 0.25) is 0 Å². The van der Waals surface area contributed by atoms with Gasteiger partial charge in [0.1, 0.15) is 18.0 Å². The number of nitrogens with zero attached hydrogens (tertiary/aromatic N) is 1. The molecule has 2 aliphatic rings. The quantitative estimate of drug-likeness (QED) is 0.636. The summed E-state index contributed by atoms with van der Waals surface area (Å²) in [5, 5.41) is 6.57. The van der Waals surface area contributed by atoms with Crippen LogP contribution in [0.15, 0.2) is 24.3 Å². The van der Waals surface area contributed by atoms with E-state index in [0.29, 0.717) is 50.8 Å². The van der Waals surface area contributed by atoms with Gasteiger partial charge in [0.2, 0.25) is 0 Å². The van der Waals surface area contributed by atoms with Crippen molar-refractivity contribution in [1.82, 2.24) is 15.5 Å². The molecule has 1 spiro atoms. The smallest absolute Gasteiger partial charge is 0.410 e. The van der Waals surface area contributed by atoms with Gasteiger partial charge in [0.25, 0.3) is 5.91 Å². The molecule has 0 atom stereocenters. The molecule has 32 heavy (non-hydrogen) atoms. The van der Waals surface area contributed by atoms with Crippen molar-refractivity contribution in [3.05, 3.63) is 29.8 Å². The second-order valence-electron chi connectivity index (χ2n) is 9.61. The van der Waals surface area contributed by atoms with Crippen molar-refractivity contribution >= 4 is 12.0 Å². The Morgan fingerprint density at radius 3 is 2.56 bits per heavy atom. The molecule has 0 radical (unpaired) electrons. The van der Waals surface area contributed by atoms with Gasteiger partial charge in [0, 0.05) is 26.2 Å². The maximum absolute atomic E-state index is 13.0. The fourth-order valence-electron chi connectivity index (χ4n) is 4.08. The van der Waals surface area contributed by atoms with E-state index in [2.05, 4.69) is 10.6 Å². The number of rotatable bonds is 0. The molecule has 0 saturated carbocycles. The first-order valence-corrected chi connectivity index (χ1v) is 11.5. The Balaban J connectivity index is 1.68. The number of carbonyl (C=O) groups is 2. The molecule has 0 aromatic heterocycles. The molecule has 8 heteroatoms. The van der Waals surface area contributed by atoms with E-state index in [-0.39, 0.29) is 17.4 Å². The van der Waals surface area contributed by atoms with Crippen molar-refractivity contribution in [2.24, 2.45) is 5.41 Å². The van der Waals surface area contributed by atoms with Gasteiger partial charge in [-0.1, -0.05) is 12.1 Å². The Morgan fingerprint density at radius 1 is 1.06 bits per heavy atom. The Morgan fingerprint density at radius 2 is 1.81 bits per heavy atom. The third-order valence-corrected chi connectivity index (χ3v) is 5.97. The van der Waals surface area contributed by atoms with E-state index >= 15 is 0 Å². The molecule has 2 aliphatic heterocycles. The van der Waals surface area contributed by atoms with Crippen LogP contribution < -0.4 is 15.4 Å². The summed E-state index contributed by atoms with van der Waals surface area (Å²) in [6, 6.07) is 7.29. The molecule has 178 valence electrons. The number of amides is 2. The van der Waals surface area contributed by atoms with E-state index in [4.69, 9.17) is 14.2 Å². The molecule has 3 rings (SSSR count). The molecule has 1 saturated heterocycles. The van der Waals surface area contributed by atoms with Gasteiger partial charge >= 0.3 is 6.09 Å². The first kappa shape index (κ1) is 24.3. The third-order valence-electron chi connectivity index (χ3n) is 5.97. The lowest BCUT2D eigenvalue weighted by molar-refractivity contribution is 0.00878. The average molecular weight is 448 g/mol. The van der Waals surface area contributed by atoms with E-state index in [1.54, 1.807) is 11.0 Å². The van der Waals surface area contributed by atoms with Crippen molar-refractivity contribution in [2.45, 2.75) is 45.6 Å². The summed E-state index contributed by atoms with van der Waals surface area (Å²) in [4.78, 5) is 27.2. The highest BCUT2D eigenvalue weighted by Gasteiger charge is 2.37. The van der Waals surface area contributed by atoms with E-state index in [1.807, 2.05) is 39.0 Å². The molecule has 1 aromatic rings. The molecule has 0 unspecified atom stereocenters. The highest BCUT2D eigenvalue weighted by molar-refractivity contribution is 5.96. The lowest BCUT2D eigenvalue weighted by Gasteiger charge is -2.42. The second kappa shape index (κ2) is 11.0. The van der Waals surface area contributed by atoms with E-state index in [9.17, 15) is 9.59 Å². The Hall–Kier alpha value is -2.32. The lowest BCUT2D eigenvalue weighted by Crippen LogP contribution is -2.49. The van der Waals surface area contributed by atoms with E-state index in [0.717, 1.165) is 32.4 Å². The zero-order chi connectivity index (χ0) is 23.0. The third kappa shape index (κ3) is 7.10. The lowest BCUT2D eigenvalue weighted by atomic mass is 9.75. The summed E-state index contributed by atoms with van der Waals surface area (Å²) in [6.07, 6.45) is 2.26. The molecular formula is C24H37N3O5. The fraction of sp³-hybridized carbons (Fsp3) is 0.667. The maximum Gasteiger partial charge on any atom is 0.410 e. The Labute approximate surface area is 191 Å². The standard InChI is InChI=1S/C24H37N3O5/c1-23(2,3)32-22(29)27-13-9-24(10-14-27)8-11-25-12-15-30-16-17-31-20-7-5-4-6-19(20)21(28)26-18-24/h4-7,25H,8-18H2,1-3H3,(H,26,28). The van der Waals surface area contributed by atoms with Crippen molar-refractivity contribution in [2.75, 3.05) is 52.5 Å². The summed E-state index contributed by atoms with van der Waals surface area (Å²) in [7, 11) is 0. The van der Waals surface area contributed by atoms with Crippen LogP contribution in [0.3, 0.4) is 0 Å². The SMILES string of the molecule is CC(C)(C)OC(=O)N1CCC2(CCNCCOCCOc3ccccc3C(=O)NC2)CC1.